The van der Waals surface area contributed by atoms with Gasteiger partial charge in [0, 0.05) is 12.8 Å². The van der Waals surface area contributed by atoms with Crippen LogP contribution in [-0.2, 0) is 26.0 Å². The molecular weight excluding hydrogens is 248 g/mol. The normalized spacial score (nSPS) is 10.8. The van der Waals surface area contributed by atoms with Gasteiger partial charge in [-0.1, -0.05) is 36.0 Å². The zero-order valence-electron chi connectivity index (χ0n) is 10.2. The van der Waals surface area contributed by atoms with Crippen molar-refractivity contribution in [3.63, 3.8) is 0 Å². The van der Waals surface area contributed by atoms with Gasteiger partial charge < -0.3 is 14.8 Å². The molecule has 0 unspecified atom stereocenters. The molecule has 0 amide bonds. The highest BCUT2D eigenvalue weighted by molar-refractivity contribution is 7.98. The number of rotatable bonds is 5. The Morgan fingerprint density at radius 2 is 1.78 bits per heavy atom. The summed E-state index contributed by atoms with van der Waals surface area (Å²) in [4.78, 5) is 4.26. The van der Waals surface area contributed by atoms with E-state index in [4.69, 9.17) is 10.2 Å². The highest BCUT2D eigenvalue weighted by Gasteiger charge is 2.06. The van der Waals surface area contributed by atoms with Crippen LogP contribution in [0.1, 0.15) is 16.8 Å². The fraction of sp³-hybridized carbons (Fsp3) is 0.308. The van der Waals surface area contributed by atoms with Crippen molar-refractivity contribution in [2.24, 2.45) is 7.05 Å². The maximum Gasteiger partial charge on any atom is 0.168 e. The summed E-state index contributed by atoms with van der Waals surface area (Å²) in [7, 11) is 1.90. The Balaban J connectivity index is 1.99. The molecule has 0 saturated heterocycles. The number of aliphatic hydroxyl groups excluding tert-OH is 2. The lowest BCUT2D eigenvalue weighted by Crippen LogP contribution is -1.97. The SMILES string of the molecule is Cn1c(CO)cnc1SCc1ccc(CO)cc1. The molecule has 0 aliphatic carbocycles. The minimum absolute atomic E-state index is 0.00918. The molecule has 1 aromatic heterocycles. The Morgan fingerprint density at radius 3 is 2.33 bits per heavy atom. The molecule has 4 nitrogen and oxygen atoms in total. The minimum atomic E-state index is 0.00918. The van der Waals surface area contributed by atoms with E-state index in [0.717, 1.165) is 22.2 Å². The van der Waals surface area contributed by atoms with Crippen molar-refractivity contribution in [3.05, 3.63) is 47.3 Å². The molecule has 0 atom stereocenters. The summed E-state index contributed by atoms with van der Waals surface area (Å²) in [5.41, 5.74) is 2.92. The summed E-state index contributed by atoms with van der Waals surface area (Å²) in [5, 5.41) is 18.9. The van der Waals surface area contributed by atoms with Crippen molar-refractivity contribution >= 4 is 11.8 Å². The molecule has 18 heavy (non-hydrogen) atoms. The molecule has 0 radical (unpaired) electrons. The van der Waals surface area contributed by atoms with Gasteiger partial charge >= 0.3 is 0 Å². The van der Waals surface area contributed by atoms with E-state index in [0.29, 0.717) is 0 Å². The largest absolute Gasteiger partial charge is 0.392 e. The summed E-state index contributed by atoms with van der Waals surface area (Å²) < 4.78 is 1.90. The number of hydrogen-bond donors (Lipinski definition) is 2. The van der Waals surface area contributed by atoms with Crippen molar-refractivity contribution in [1.82, 2.24) is 9.55 Å². The number of benzene rings is 1. The summed E-state index contributed by atoms with van der Waals surface area (Å²) in [6.07, 6.45) is 1.69. The number of aliphatic hydroxyl groups is 2. The predicted molar refractivity (Wildman–Crippen MR) is 71.1 cm³/mol. The molecule has 2 N–H and O–H groups in total. The lowest BCUT2D eigenvalue weighted by molar-refractivity contribution is 0.271. The Hall–Kier alpha value is -1.30. The van der Waals surface area contributed by atoms with Crippen molar-refractivity contribution in [1.29, 1.82) is 0 Å². The van der Waals surface area contributed by atoms with Gasteiger partial charge in [0.15, 0.2) is 5.16 Å². The second-order valence-electron chi connectivity index (χ2n) is 4.01. The lowest BCUT2D eigenvalue weighted by atomic mass is 10.2. The number of thioether (sulfide) groups is 1. The summed E-state index contributed by atoms with van der Waals surface area (Å²) >= 11 is 1.63. The van der Waals surface area contributed by atoms with Crippen molar-refractivity contribution in [2.45, 2.75) is 24.1 Å². The molecule has 1 heterocycles. The zero-order chi connectivity index (χ0) is 13.0. The number of nitrogens with zero attached hydrogens (tertiary/aromatic N) is 2. The Bertz CT molecular complexity index is 508. The molecule has 5 heteroatoms. The Labute approximate surface area is 110 Å². The predicted octanol–water partition coefficient (Wildman–Crippen LogP) is 1.70. The number of aromatic nitrogens is 2. The van der Waals surface area contributed by atoms with Crippen LogP contribution in [-0.4, -0.2) is 19.8 Å². The van der Waals surface area contributed by atoms with Gasteiger partial charge in [-0.3, -0.25) is 0 Å². The molecule has 0 aliphatic heterocycles. The van der Waals surface area contributed by atoms with Gasteiger partial charge in [0.25, 0.3) is 0 Å². The molecule has 2 rings (SSSR count). The molecule has 0 aliphatic rings. The van der Waals surface area contributed by atoms with Gasteiger partial charge in [0.2, 0.25) is 0 Å². The first-order valence-electron chi connectivity index (χ1n) is 5.67. The van der Waals surface area contributed by atoms with Crippen LogP contribution in [0.2, 0.25) is 0 Å². The first-order valence-corrected chi connectivity index (χ1v) is 6.66. The van der Waals surface area contributed by atoms with Crippen LogP contribution in [0.5, 0.6) is 0 Å². The molecule has 0 bridgehead atoms. The molecule has 96 valence electrons. The van der Waals surface area contributed by atoms with Crippen molar-refractivity contribution < 1.29 is 10.2 Å². The van der Waals surface area contributed by atoms with E-state index in [-0.39, 0.29) is 13.2 Å². The Morgan fingerprint density at radius 1 is 1.11 bits per heavy atom. The van der Waals surface area contributed by atoms with Crippen LogP contribution in [0.25, 0.3) is 0 Å². The molecule has 1 aromatic carbocycles. The molecule has 2 aromatic rings. The highest BCUT2D eigenvalue weighted by Crippen LogP contribution is 2.22. The van der Waals surface area contributed by atoms with Gasteiger partial charge in [-0.25, -0.2) is 4.98 Å². The topological polar surface area (TPSA) is 58.3 Å². The maximum absolute atomic E-state index is 9.08. The summed E-state index contributed by atoms with van der Waals surface area (Å²) in [6, 6.07) is 7.86. The molecular formula is C13H16N2O2S. The van der Waals surface area contributed by atoms with Gasteiger partial charge in [0.1, 0.15) is 0 Å². The third-order valence-electron chi connectivity index (χ3n) is 2.78. The van der Waals surface area contributed by atoms with Crippen LogP contribution in [0, 0.1) is 0 Å². The monoisotopic (exact) mass is 264 g/mol. The first-order chi connectivity index (χ1) is 8.74. The fourth-order valence-electron chi connectivity index (χ4n) is 1.60. The fourth-order valence-corrected chi connectivity index (χ4v) is 2.52. The third kappa shape index (κ3) is 2.93. The van der Waals surface area contributed by atoms with E-state index in [9.17, 15) is 0 Å². The number of hydrogen-bond acceptors (Lipinski definition) is 4. The Kier molecular flexibility index (Phi) is 4.41. The molecule has 0 fully saturated rings. The smallest absolute Gasteiger partial charge is 0.168 e. The second kappa shape index (κ2) is 6.04. The molecule has 0 spiro atoms. The second-order valence-corrected chi connectivity index (χ2v) is 4.96. The first kappa shape index (κ1) is 13.1. The van der Waals surface area contributed by atoms with Crippen LogP contribution >= 0.6 is 11.8 Å². The van der Waals surface area contributed by atoms with Crippen LogP contribution in [0.3, 0.4) is 0 Å². The van der Waals surface area contributed by atoms with Gasteiger partial charge in [0.05, 0.1) is 25.1 Å². The van der Waals surface area contributed by atoms with E-state index < -0.39 is 0 Å². The average Bonchev–Trinajstić information content (AvgIpc) is 2.77. The third-order valence-corrected chi connectivity index (χ3v) is 3.89. The average molecular weight is 264 g/mol. The van der Waals surface area contributed by atoms with E-state index in [1.807, 2.05) is 35.9 Å². The van der Waals surface area contributed by atoms with E-state index in [1.165, 1.54) is 5.56 Å². The van der Waals surface area contributed by atoms with Crippen molar-refractivity contribution in [3.8, 4) is 0 Å². The van der Waals surface area contributed by atoms with Crippen LogP contribution < -0.4 is 0 Å². The van der Waals surface area contributed by atoms with E-state index >= 15 is 0 Å². The maximum atomic E-state index is 9.08. The lowest BCUT2D eigenvalue weighted by Gasteiger charge is -2.04. The quantitative estimate of drug-likeness (QED) is 0.807. The van der Waals surface area contributed by atoms with Crippen molar-refractivity contribution in [2.75, 3.05) is 0 Å². The summed E-state index contributed by atoms with van der Waals surface area (Å²) in [5.74, 6) is 0.821. The summed E-state index contributed by atoms with van der Waals surface area (Å²) in [6.45, 7) is 0.0852. The minimum Gasteiger partial charge on any atom is -0.392 e. The zero-order valence-corrected chi connectivity index (χ0v) is 11.0. The van der Waals surface area contributed by atoms with E-state index in [1.54, 1.807) is 18.0 Å². The number of imidazole rings is 1. The van der Waals surface area contributed by atoms with Gasteiger partial charge in [-0.2, -0.15) is 0 Å². The van der Waals surface area contributed by atoms with Gasteiger partial charge in [-0.05, 0) is 11.1 Å². The standard InChI is InChI=1S/C13H16N2O2S/c1-15-12(8-17)6-14-13(15)18-9-11-4-2-10(7-16)3-5-11/h2-6,16-17H,7-9H2,1H3. The van der Waals surface area contributed by atoms with Crippen LogP contribution in [0.15, 0.2) is 35.6 Å². The molecule has 0 saturated carbocycles. The highest BCUT2D eigenvalue weighted by atomic mass is 32.2. The van der Waals surface area contributed by atoms with Crippen LogP contribution in [0.4, 0.5) is 0 Å². The van der Waals surface area contributed by atoms with Gasteiger partial charge in [-0.15, -0.1) is 0 Å². The van der Waals surface area contributed by atoms with E-state index in [2.05, 4.69) is 4.98 Å².